The molecule has 0 spiro atoms. The fourth-order valence-electron chi connectivity index (χ4n) is 2.97. The zero-order chi connectivity index (χ0) is 21.3. The van der Waals surface area contributed by atoms with Gasteiger partial charge in [-0.25, -0.2) is 0 Å². The number of thiocarbonyl (C=S) groups is 1. The van der Waals surface area contributed by atoms with Gasteiger partial charge in [0.05, 0.1) is 15.7 Å². The Balaban J connectivity index is 1.50. The van der Waals surface area contributed by atoms with Crippen molar-refractivity contribution in [1.29, 1.82) is 0 Å². The van der Waals surface area contributed by atoms with Crippen molar-refractivity contribution in [2.45, 2.75) is 0 Å². The van der Waals surface area contributed by atoms with Crippen molar-refractivity contribution >= 4 is 62.9 Å². The van der Waals surface area contributed by atoms with E-state index in [2.05, 4.69) is 10.6 Å². The van der Waals surface area contributed by atoms with Crippen LogP contribution >= 0.6 is 35.4 Å². The molecule has 150 valence electrons. The third-order valence-electron chi connectivity index (χ3n) is 4.41. The van der Waals surface area contributed by atoms with E-state index in [0.717, 1.165) is 10.8 Å². The number of nitrogens with one attached hydrogen (secondary N) is 2. The third-order valence-corrected chi connectivity index (χ3v) is 5.35. The first-order valence-corrected chi connectivity index (χ1v) is 9.97. The van der Waals surface area contributed by atoms with Gasteiger partial charge in [-0.1, -0.05) is 53.5 Å². The summed E-state index contributed by atoms with van der Waals surface area (Å²) in [6, 6.07) is 19.1. The highest BCUT2D eigenvalue weighted by Crippen LogP contribution is 2.32. The SMILES string of the molecule is O=C(NC(=S)Nc1c(O)ccc2ccccc12)c1ccc(-c2ccc(Cl)c(Cl)c2)o1. The van der Waals surface area contributed by atoms with Gasteiger partial charge in [0.15, 0.2) is 10.9 Å². The van der Waals surface area contributed by atoms with Gasteiger partial charge >= 0.3 is 0 Å². The number of carbonyl (C=O) groups is 1. The number of hydrogen-bond acceptors (Lipinski definition) is 4. The van der Waals surface area contributed by atoms with E-state index >= 15 is 0 Å². The van der Waals surface area contributed by atoms with Gasteiger partial charge in [-0.05, 0) is 54.0 Å². The molecule has 4 rings (SSSR count). The molecule has 3 aromatic carbocycles. The molecule has 1 amide bonds. The molecule has 0 saturated heterocycles. The Morgan fingerprint density at radius 1 is 0.967 bits per heavy atom. The summed E-state index contributed by atoms with van der Waals surface area (Å²) in [6.45, 7) is 0. The summed E-state index contributed by atoms with van der Waals surface area (Å²) in [5.74, 6) is 0.0235. The molecule has 8 heteroatoms. The summed E-state index contributed by atoms with van der Waals surface area (Å²) in [4.78, 5) is 12.5. The molecule has 3 N–H and O–H groups in total. The molecule has 5 nitrogen and oxygen atoms in total. The van der Waals surface area contributed by atoms with Crippen LogP contribution in [0.5, 0.6) is 5.75 Å². The first kappa shape index (κ1) is 20.2. The van der Waals surface area contributed by atoms with Gasteiger partial charge in [0.25, 0.3) is 5.91 Å². The molecule has 0 aliphatic heterocycles. The van der Waals surface area contributed by atoms with E-state index in [9.17, 15) is 9.90 Å². The number of hydrogen-bond donors (Lipinski definition) is 3. The molecule has 0 aliphatic carbocycles. The van der Waals surface area contributed by atoms with E-state index in [0.29, 0.717) is 27.1 Å². The molecular formula is C22H14Cl2N2O3S. The molecule has 0 unspecified atom stereocenters. The van der Waals surface area contributed by atoms with E-state index < -0.39 is 5.91 Å². The highest BCUT2D eigenvalue weighted by molar-refractivity contribution is 7.80. The average molecular weight is 457 g/mol. The third kappa shape index (κ3) is 4.11. The number of furan rings is 1. The van der Waals surface area contributed by atoms with Crippen LogP contribution in [-0.2, 0) is 0 Å². The number of phenols is 1. The van der Waals surface area contributed by atoms with Gasteiger partial charge in [0, 0.05) is 10.9 Å². The van der Waals surface area contributed by atoms with E-state index in [1.807, 2.05) is 24.3 Å². The summed E-state index contributed by atoms with van der Waals surface area (Å²) in [7, 11) is 0. The lowest BCUT2D eigenvalue weighted by Gasteiger charge is -2.13. The number of phenolic OH excluding ortho intramolecular Hbond substituents is 1. The highest BCUT2D eigenvalue weighted by Gasteiger charge is 2.16. The number of fused-ring (bicyclic) bond motifs is 1. The number of anilines is 1. The first-order chi connectivity index (χ1) is 14.4. The van der Waals surface area contributed by atoms with Crippen molar-refractivity contribution in [2.24, 2.45) is 0 Å². The molecule has 0 bridgehead atoms. The van der Waals surface area contributed by atoms with Crippen LogP contribution in [0.4, 0.5) is 5.69 Å². The lowest BCUT2D eigenvalue weighted by atomic mass is 10.1. The average Bonchev–Trinajstić information content (AvgIpc) is 3.23. The van der Waals surface area contributed by atoms with Crippen LogP contribution in [0.25, 0.3) is 22.1 Å². The van der Waals surface area contributed by atoms with Crippen molar-refractivity contribution in [3.63, 3.8) is 0 Å². The number of benzene rings is 3. The summed E-state index contributed by atoms with van der Waals surface area (Å²) in [6.07, 6.45) is 0. The van der Waals surface area contributed by atoms with Crippen LogP contribution in [0.1, 0.15) is 10.6 Å². The van der Waals surface area contributed by atoms with Gasteiger partial charge in [-0.2, -0.15) is 0 Å². The standard InChI is InChI=1S/C22H14Cl2N2O3S/c23-15-7-5-13(11-16(15)24)18-9-10-19(29-18)21(28)26-22(30)25-20-14-4-2-1-3-12(14)6-8-17(20)27/h1-11,27H,(H2,25,26,28,30). The number of halogens is 2. The maximum absolute atomic E-state index is 12.5. The molecule has 0 fully saturated rings. The monoisotopic (exact) mass is 456 g/mol. The maximum Gasteiger partial charge on any atom is 0.293 e. The second kappa shape index (κ2) is 8.36. The Morgan fingerprint density at radius 2 is 1.77 bits per heavy atom. The Hall–Kier alpha value is -3.06. The molecule has 4 aromatic rings. The molecule has 0 radical (unpaired) electrons. The second-order valence-electron chi connectivity index (χ2n) is 6.38. The van der Waals surface area contributed by atoms with Crippen molar-refractivity contribution in [3.05, 3.63) is 82.5 Å². The van der Waals surface area contributed by atoms with Gasteiger partial charge in [0.2, 0.25) is 0 Å². The highest BCUT2D eigenvalue weighted by atomic mass is 35.5. The van der Waals surface area contributed by atoms with Crippen molar-refractivity contribution < 1.29 is 14.3 Å². The Kier molecular flexibility index (Phi) is 5.63. The summed E-state index contributed by atoms with van der Waals surface area (Å²) < 4.78 is 5.62. The minimum Gasteiger partial charge on any atom is -0.506 e. The van der Waals surface area contributed by atoms with Crippen molar-refractivity contribution in [2.75, 3.05) is 5.32 Å². The molecule has 0 atom stereocenters. The maximum atomic E-state index is 12.5. The zero-order valence-corrected chi connectivity index (χ0v) is 17.6. The predicted molar refractivity (Wildman–Crippen MR) is 123 cm³/mol. The Morgan fingerprint density at radius 3 is 2.57 bits per heavy atom. The predicted octanol–water partition coefficient (Wildman–Crippen LogP) is 6.24. The van der Waals surface area contributed by atoms with E-state index in [-0.39, 0.29) is 16.6 Å². The minimum atomic E-state index is -0.529. The zero-order valence-electron chi connectivity index (χ0n) is 15.3. The fourth-order valence-corrected chi connectivity index (χ4v) is 3.46. The van der Waals surface area contributed by atoms with Crippen LogP contribution in [0.2, 0.25) is 10.0 Å². The minimum absolute atomic E-state index is 0.0187. The number of carbonyl (C=O) groups excluding carboxylic acids is 1. The van der Waals surface area contributed by atoms with E-state index in [4.69, 9.17) is 39.8 Å². The molecule has 0 aliphatic rings. The van der Waals surface area contributed by atoms with E-state index in [1.165, 1.54) is 6.07 Å². The lowest BCUT2D eigenvalue weighted by Crippen LogP contribution is -2.33. The number of rotatable bonds is 3. The Bertz CT molecular complexity index is 1290. The lowest BCUT2D eigenvalue weighted by molar-refractivity contribution is 0.0951. The molecule has 1 heterocycles. The quantitative estimate of drug-likeness (QED) is 0.251. The van der Waals surface area contributed by atoms with Gasteiger partial charge in [-0.15, -0.1) is 0 Å². The largest absolute Gasteiger partial charge is 0.506 e. The van der Waals surface area contributed by atoms with Crippen LogP contribution in [0.15, 0.2) is 71.1 Å². The van der Waals surface area contributed by atoms with Gasteiger partial charge in [-0.3, -0.25) is 10.1 Å². The van der Waals surface area contributed by atoms with Crippen LogP contribution in [0, 0.1) is 0 Å². The fraction of sp³-hybridized carbons (Fsp3) is 0. The van der Waals surface area contributed by atoms with Gasteiger partial charge < -0.3 is 14.8 Å². The van der Waals surface area contributed by atoms with Crippen LogP contribution in [0.3, 0.4) is 0 Å². The Labute approximate surface area is 187 Å². The van der Waals surface area contributed by atoms with Crippen LogP contribution in [-0.4, -0.2) is 16.1 Å². The first-order valence-electron chi connectivity index (χ1n) is 8.80. The smallest absolute Gasteiger partial charge is 0.293 e. The van der Waals surface area contributed by atoms with E-state index in [1.54, 1.807) is 36.4 Å². The van der Waals surface area contributed by atoms with Crippen molar-refractivity contribution in [1.82, 2.24) is 5.32 Å². The number of aromatic hydroxyl groups is 1. The molecule has 1 aromatic heterocycles. The summed E-state index contributed by atoms with van der Waals surface area (Å²) in [5, 5.41) is 18.2. The molecular weight excluding hydrogens is 443 g/mol. The van der Waals surface area contributed by atoms with Crippen molar-refractivity contribution in [3.8, 4) is 17.1 Å². The summed E-state index contributed by atoms with van der Waals surface area (Å²) >= 11 is 17.2. The summed E-state index contributed by atoms with van der Waals surface area (Å²) in [5.41, 5.74) is 1.10. The second-order valence-corrected chi connectivity index (χ2v) is 7.60. The van der Waals surface area contributed by atoms with Crippen LogP contribution < -0.4 is 10.6 Å². The normalized spacial score (nSPS) is 10.7. The molecule has 0 saturated carbocycles. The number of amides is 1. The molecule has 30 heavy (non-hydrogen) atoms. The van der Waals surface area contributed by atoms with Gasteiger partial charge in [0.1, 0.15) is 11.5 Å². The topological polar surface area (TPSA) is 74.5 Å².